The van der Waals surface area contributed by atoms with Crippen molar-refractivity contribution in [2.45, 2.75) is 181 Å². The number of carbonyl (C=O) groups excluding carboxylic acids is 4. The first kappa shape index (κ1) is 82.4. The van der Waals surface area contributed by atoms with E-state index in [1.54, 1.807) is 0 Å². The number of hydrogen-bond acceptors (Lipinski definition) is 26. The molecular weight excluding hydrogens is 1330 g/mol. The lowest BCUT2D eigenvalue weighted by molar-refractivity contribution is -0.321. The van der Waals surface area contributed by atoms with Crippen LogP contribution >= 0.6 is 0 Å². The molecule has 2 unspecified atom stereocenters. The molecule has 96 heavy (non-hydrogen) atoms. The number of nitrogens with zero attached hydrogens (tertiary/aromatic N) is 2. The molecule has 0 amide bonds. The van der Waals surface area contributed by atoms with Gasteiger partial charge in [0.2, 0.25) is 0 Å². The average Bonchev–Trinajstić information content (AvgIpc) is 1.19. The summed E-state index contributed by atoms with van der Waals surface area (Å²) in [5.41, 5.74) is -1.44. The molecule has 4 N–H and O–H groups in total. The van der Waals surface area contributed by atoms with Gasteiger partial charge in [-0.15, -0.1) is 0 Å². The van der Waals surface area contributed by atoms with Crippen LogP contribution in [0.2, 0.25) is 57.4 Å². The third-order valence-corrected chi connectivity index (χ3v) is 27.9. The molecule has 2 fully saturated rings. The molecule has 0 aliphatic carbocycles. The van der Waals surface area contributed by atoms with Gasteiger partial charge in [-0.2, -0.15) is 0 Å². The fraction of sp³-hybridized carbons (Fsp3) is 0.613. The van der Waals surface area contributed by atoms with Crippen LogP contribution < -0.4 is 22.5 Å². The molecule has 2 aliphatic heterocycles. The van der Waals surface area contributed by atoms with E-state index in [4.69, 9.17) is 73.9 Å². The summed E-state index contributed by atoms with van der Waals surface area (Å²) in [5, 5.41) is 21.9. The van der Waals surface area contributed by atoms with Gasteiger partial charge in [0.05, 0.1) is 45.2 Å². The number of H-pyrrole nitrogens is 2. The smallest absolute Gasteiger partial charge is 0.463 e. The van der Waals surface area contributed by atoms with Crippen molar-refractivity contribution in [3.8, 4) is 0 Å². The van der Waals surface area contributed by atoms with Crippen LogP contribution in [0.5, 0.6) is 0 Å². The lowest BCUT2D eigenvalue weighted by Gasteiger charge is -2.44. The predicted octanol–water partition coefficient (Wildman–Crippen LogP) is 4.93. The van der Waals surface area contributed by atoms with Crippen molar-refractivity contribution in [3.05, 3.63) is 138 Å². The molecule has 4 heterocycles. The summed E-state index contributed by atoms with van der Waals surface area (Å²) in [6.45, 7) is 22.9. The molecule has 4 aromatic rings. The summed E-state index contributed by atoms with van der Waals surface area (Å²) >= 11 is 0. The van der Waals surface area contributed by atoms with E-state index in [1.807, 2.05) is 94.5 Å². The normalized spacial score (nSPS) is 20.0. The van der Waals surface area contributed by atoms with Crippen molar-refractivity contribution in [2.24, 2.45) is 0 Å². The number of aliphatic hydroxyl groups is 2. The molecule has 0 spiro atoms. The first-order valence-corrected chi connectivity index (χ1v) is 42.4. The van der Waals surface area contributed by atoms with E-state index in [1.165, 1.54) is 40.1 Å². The zero-order valence-electron chi connectivity index (χ0n) is 56.6. The van der Waals surface area contributed by atoms with Crippen LogP contribution in [-0.4, -0.2) is 203 Å². The van der Waals surface area contributed by atoms with Crippen LogP contribution in [0.25, 0.3) is 0 Å². The number of rotatable bonds is 35. The highest BCUT2D eigenvalue weighted by Gasteiger charge is 2.58. The van der Waals surface area contributed by atoms with Crippen LogP contribution in [0.1, 0.15) is 85.0 Å². The number of benzene rings is 2. The maximum atomic E-state index is 13.1. The number of hydrogen-bond donors (Lipinski definition) is 4. The van der Waals surface area contributed by atoms with E-state index >= 15 is 0 Å². The molecule has 8 atom stereocenters. The van der Waals surface area contributed by atoms with Gasteiger partial charge < -0.3 is 84.1 Å². The number of aromatic amines is 2. The molecule has 2 aromatic heterocycles. The Morgan fingerprint density at radius 1 is 0.542 bits per heavy atom. The Morgan fingerprint density at radius 2 is 0.906 bits per heavy atom. The van der Waals surface area contributed by atoms with E-state index in [9.17, 15) is 48.6 Å². The second-order valence-electron chi connectivity index (χ2n) is 25.4. The molecular formula is C62H98N4O26Si4. The van der Waals surface area contributed by atoms with Crippen molar-refractivity contribution >= 4 is 57.6 Å². The minimum Gasteiger partial charge on any atom is -0.463 e. The van der Waals surface area contributed by atoms with Crippen LogP contribution in [0.15, 0.2) is 104 Å². The SMILES string of the molecule is C.CC(=O)OCCOC(OCCOC(C)=O)OC1[C@@H](O)[C@@H](CO[Si](O[Si](C)(C)C)(O[Si](C)(C)C)C(c2ccccc2)c2ccccc2)O[C@H]1n1ccc(=O)[nH]c1=O.CC(=O)OCCOC(OCCOC(C)=O)OC1[C@@H](O[Si](C)(C)C(C)(C)C)[C@@H](CO)O[C@H]1n1ccc(=O)[nH]c1=O. The molecule has 0 saturated carbocycles. The molecule has 0 bridgehead atoms. The Bertz CT molecular complexity index is 3200. The highest BCUT2D eigenvalue weighted by atomic mass is 28.5. The molecule has 34 heteroatoms. The third-order valence-electron chi connectivity index (χ3n) is 14.3. The Balaban J connectivity index is 0.000000431. The summed E-state index contributed by atoms with van der Waals surface area (Å²) in [6, 6.07) is 22.0. The Labute approximate surface area is 562 Å². The largest absolute Gasteiger partial charge is 0.492 e. The average molecular weight is 1430 g/mol. The second kappa shape index (κ2) is 37.8. The van der Waals surface area contributed by atoms with E-state index in [-0.39, 0.29) is 71.9 Å². The van der Waals surface area contributed by atoms with E-state index < -0.39 is 154 Å². The third kappa shape index (κ3) is 26.0. The molecule has 6 rings (SSSR count). The van der Waals surface area contributed by atoms with Crippen LogP contribution in [-0.2, 0) is 93.1 Å². The zero-order chi connectivity index (χ0) is 70.5. The number of ether oxygens (including phenoxy) is 12. The number of carbonyl (C=O) groups is 4. The second-order valence-corrected chi connectivity index (χ2v) is 42.3. The lowest BCUT2D eigenvalue weighted by atomic mass is 10.0. The summed E-state index contributed by atoms with van der Waals surface area (Å²) in [6.07, 6.45) is -6.79. The summed E-state index contributed by atoms with van der Waals surface area (Å²) in [4.78, 5) is 98.8. The van der Waals surface area contributed by atoms with Gasteiger partial charge in [-0.25, -0.2) is 9.59 Å². The van der Waals surface area contributed by atoms with Crippen molar-refractivity contribution < 1.29 is 103 Å². The van der Waals surface area contributed by atoms with Gasteiger partial charge in [-0.05, 0) is 68.5 Å². The Kier molecular flexibility index (Phi) is 32.5. The van der Waals surface area contributed by atoms with Crippen molar-refractivity contribution in [1.29, 1.82) is 0 Å². The molecule has 2 aliphatic rings. The molecule has 538 valence electrons. The summed E-state index contributed by atoms with van der Waals surface area (Å²) < 4.78 is 97.2. The summed E-state index contributed by atoms with van der Waals surface area (Å²) in [5.74, 6) is -2.05. The topological polar surface area (TPSA) is 366 Å². The highest BCUT2D eigenvalue weighted by Crippen LogP contribution is 2.44. The van der Waals surface area contributed by atoms with E-state index in [2.05, 4.69) is 49.3 Å². The fourth-order valence-electron chi connectivity index (χ4n) is 9.42. The fourth-order valence-corrected chi connectivity index (χ4v) is 21.3. The number of aliphatic hydroxyl groups excluding tert-OH is 2. The van der Waals surface area contributed by atoms with Crippen LogP contribution in [0.3, 0.4) is 0 Å². The van der Waals surface area contributed by atoms with Gasteiger partial charge in [0.25, 0.3) is 24.1 Å². The standard InChI is InChI=1S/C37H54N2O14Si3.C24H40N2O12Si.CH4/c1-26(40)45-21-23-47-37(48-24-22-46-27(2)41)51-33-32(43)30(50-35(33)39-20-19-31(42)38-36(39)44)25-49-56(52-54(3,4)5,53-55(6,7)8)34(28-15-11-9-12-16-28)29-17-13-10-14-18-29;1-15(28)32-10-12-34-23(35-13-11-33-16(2)29)37-20-19(38-39(6,7)24(3,4)5)17(14-27)36-21(20)26-9-8-18(30)25-22(26)31;/h9-20,30,32-35,37,43H,21-25H2,1-8H3,(H,38,42,44);8-9,17,19-21,23,27H,10-14H2,1-7H3,(H,25,30,31);1H4/t30-,32+,33?,35-;17-,19+,20?,21-;/m11./s1. The van der Waals surface area contributed by atoms with Crippen LogP contribution in [0, 0.1) is 0 Å². The van der Waals surface area contributed by atoms with E-state index in [0.717, 1.165) is 32.4 Å². The van der Waals surface area contributed by atoms with Gasteiger partial charge in [0, 0.05) is 52.2 Å². The van der Waals surface area contributed by atoms with Crippen LogP contribution in [0.4, 0.5) is 0 Å². The highest BCUT2D eigenvalue weighted by molar-refractivity contribution is 6.86. The minimum atomic E-state index is -3.87. The summed E-state index contributed by atoms with van der Waals surface area (Å²) in [7, 11) is -11.2. The van der Waals surface area contributed by atoms with Gasteiger partial charge in [-0.1, -0.05) is 88.9 Å². The maximum Gasteiger partial charge on any atom is 0.492 e. The molecule has 30 nitrogen and oxygen atoms in total. The quantitative estimate of drug-likeness (QED) is 0.0156. The van der Waals surface area contributed by atoms with Gasteiger partial charge >= 0.3 is 44.1 Å². The van der Waals surface area contributed by atoms with Gasteiger partial charge in [0.1, 0.15) is 63.1 Å². The van der Waals surface area contributed by atoms with E-state index in [0.29, 0.717) is 0 Å². The predicted molar refractivity (Wildman–Crippen MR) is 355 cm³/mol. The van der Waals surface area contributed by atoms with Gasteiger partial charge in [0.15, 0.2) is 37.4 Å². The minimum absolute atomic E-state index is 0. The Morgan fingerprint density at radius 3 is 1.25 bits per heavy atom. The molecule has 2 aromatic carbocycles. The maximum absolute atomic E-state index is 13.1. The first-order chi connectivity index (χ1) is 44.5. The monoisotopic (exact) mass is 1430 g/mol. The van der Waals surface area contributed by atoms with Gasteiger partial charge in [-0.3, -0.25) is 47.9 Å². The number of esters is 4. The van der Waals surface area contributed by atoms with Crippen molar-refractivity contribution in [1.82, 2.24) is 19.1 Å². The van der Waals surface area contributed by atoms with Crippen molar-refractivity contribution in [2.75, 3.05) is 66.1 Å². The number of nitrogens with one attached hydrogen (secondary N) is 2. The zero-order valence-corrected chi connectivity index (χ0v) is 60.6. The molecule has 0 radical (unpaired) electrons. The first-order valence-electron chi connectivity index (χ1n) is 30.9. The molecule has 2 saturated heterocycles. The van der Waals surface area contributed by atoms with Crippen molar-refractivity contribution in [3.63, 3.8) is 0 Å². The Hall–Kier alpha value is -6.01. The lowest BCUT2D eigenvalue weighted by Crippen LogP contribution is -2.62. The number of aromatic nitrogens is 4.